The van der Waals surface area contributed by atoms with Gasteiger partial charge in [0.1, 0.15) is 5.41 Å². The van der Waals surface area contributed by atoms with Crippen molar-refractivity contribution in [3.63, 3.8) is 0 Å². The molecule has 138 valence electrons. The quantitative estimate of drug-likeness (QED) is 0.446. The minimum atomic E-state index is -0.951. The molecule has 1 aromatic carbocycles. The van der Waals surface area contributed by atoms with Gasteiger partial charge in [0.2, 0.25) is 11.8 Å². The second-order valence-electron chi connectivity index (χ2n) is 7.29. The van der Waals surface area contributed by atoms with Gasteiger partial charge in [0, 0.05) is 17.8 Å². The fourth-order valence-electron chi connectivity index (χ4n) is 3.39. The van der Waals surface area contributed by atoms with Crippen LogP contribution in [-0.4, -0.2) is 24.1 Å². The highest BCUT2D eigenvalue weighted by Crippen LogP contribution is 2.46. The van der Waals surface area contributed by atoms with Crippen LogP contribution in [0.4, 0.5) is 5.69 Å². The van der Waals surface area contributed by atoms with E-state index in [0.29, 0.717) is 30.6 Å². The summed E-state index contributed by atoms with van der Waals surface area (Å²) in [7, 11) is 0. The number of carbonyl (C=O) groups is 3. The standard InChI is InChI=1S/C21H26N2O3/c1-15(24)17-8-5-9-18(14-17)23-20(26)21(11-12-21)19(25)22-13-10-16-6-3-2-4-7-16/h5-6,8-9,14H,2-4,7,10-13H2,1H3,(H,22,25)(H,23,26). The molecular formula is C21H26N2O3. The first-order valence-corrected chi connectivity index (χ1v) is 9.40. The van der Waals surface area contributed by atoms with Gasteiger partial charge in [0.15, 0.2) is 5.78 Å². The Morgan fingerprint density at radius 3 is 2.58 bits per heavy atom. The maximum Gasteiger partial charge on any atom is 0.240 e. The molecule has 0 aromatic heterocycles. The van der Waals surface area contributed by atoms with E-state index in [9.17, 15) is 14.4 Å². The Labute approximate surface area is 154 Å². The molecule has 2 aliphatic rings. The molecule has 0 bridgehead atoms. The molecule has 0 unspecified atom stereocenters. The molecule has 1 aromatic rings. The third kappa shape index (κ3) is 4.21. The minimum Gasteiger partial charge on any atom is -0.355 e. The Bertz CT molecular complexity index is 747. The molecule has 1 saturated carbocycles. The molecule has 0 radical (unpaired) electrons. The van der Waals surface area contributed by atoms with E-state index < -0.39 is 5.41 Å². The van der Waals surface area contributed by atoms with Crippen molar-refractivity contribution in [2.75, 3.05) is 11.9 Å². The molecular weight excluding hydrogens is 328 g/mol. The van der Waals surface area contributed by atoms with Gasteiger partial charge >= 0.3 is 0 Å². The fraction of sp³-hybridized carbons (Fsp3) is 0.476. The number of nitrogens with one attached hydrogen (secondary N) is 2. The second kappa shape index (κ2) is 7.85. The van der Waals surface area contributed by atoms with E-state index >= 15 is 0 Å². The Balaban J connectivity index is 1.54. The third-order valence-electron chi connectivity index (χ3n) is 5.26. The number of Topliss-reactive ketones (excluding diaryl/α,β-unsaturated/α-hetero) is 1. The molecule has 1 fully saturated rings. The average molecular weight is 354 g/mol. The molecule has 3 rings (SSSR count). The van der Waals surface area contributed by atoms with Gasteiger partial charge in [-0.3, -0.25) is 14.4 Å². The van der Waals surface area contributed by atoms with E-state index in [1.54, 1.807) is 24.3 Å². The monoisotopic (exact) mass is 354 g/mol. The summed E-state index contributed by atoms with van der Waals surface area (Å²) in [6.45, 7) is 2.07. The fourth-order valence-corrected chi connectivity index (χ4v) is 3.39. The van der Waals surface area contributed by atoms with Crippen molar-refractivity contribution in [1.29, 1.82) is 0 Å². The maximum atomic E-state index is 12.6. The van der Waals surface area contributed by atoms with Gasteiger partial charge in [-0.05, 0) is 64.0 Å². The summed E-state index contributed by atoms with van der Waals surface area (Å²) < 4.78 is 0. The van der Waals surface area contributed by atoms with Crippen LogP contribution < -0.4 is 10.6 Å². The molecule has 5 heteroatoms. The van der Waals surface area contributed by atoms with E-state index in [2.05, 4.69) is 16.7 Å². The van der Waals surface area contributed by atoms with Crippen molar-refractivity contribution in [2.45, 2.75) is 51.9 Å². The predicted octanol–water partition coefficient (Wildman–Crippen LogP) is 3.61. The predicted molar refractivity (Wildman–Crippen MR) is 101 cm³/mol. The van der Waals surface area contributed by atoms with Crippen molar-refractivity contribution < 1.29 is 14.4 Å². The highest BCUT2D eigenvalue weighted by Gasteiger charge is 2.56. The van der Waals surface area contributed by atoms with E-state index in [1.807, 2.05) is 0 Å². The van der Waals surface area contributed by atoms with E-state index in [0.717, 1.165) is 19.3 Å². The van der Waals surface area contributed by atoms with Crippen LogP contribution in [0.5, 0.6) is 0 Å². The number of allylic oxidation sites excluding steroid dienone is 1. The largest absolute Gasteiger partial charge is 0.355 e. The summed E-state index contributed by atoms with van der Waals surface area (Å²) in [6.07, 6.45) is 9.01. The summed E-state index contributed by atoms with van der Waals surface area (Å²) in [6, 6.07) is 6.80. The van der Waals surface area contributed by atoms with Crippen LogP contribution in [0, 0.1) is 5.41 Å². The second-order valence-corrected chi connectivity index (χ2v) is 7.29. The van der Waals surface area contributed by atoms with Crippen LogP contribution in [0.2, 0.25) is 0 Å². The maximum absolute atomic E-state index is 12.6. The lowest BCUT2D eigenvalue weighted by molar-refractivity contribution is -0.134. The lowest BCUT2D eigenvalue weighted by Gasteiger charge is -2.17. The van der Waals surface area contributed by atoms with Crippen molar-refractivity contribution in [1.82, 2.24) is 5.32 Å². The lowest BCUT2D eigenvalue weighted by atomic mass is 9.97. The first kappa shape index (κ1) is 18.4. The molecule has 2 N–H and O–H groups in total. The normalized spacial score (nSPS) is 17.8. The van der Waals surface area contributed by atoms with E-state index in [-0.39, 0.29) is 17.6 Å². The van der Waals surface area contributed by atoms with Crippen LogP contribution >= 0.6 is 0 Å². The number of hydrogen-bond donors (Lipinski definition) is 2. The van der Waals surface area contributed by atoms with Crippen LogP contribution in [0.3, 0.4) is 0 Å². The van der Waals surface area contributed by atoms with Gasteiger partial charge in [0.25, 0.3) is 0 Å². The zero-order valence-electron chi connectivity index (χ0n) is 15.3. The van der Waals surface area contributed by atoms with Crippen LogP contribution in [0.25, 0.3) is 0 Å². The molecule has 2 aliphatic carbocycles. The van der Waals surface area contributed by atoms with Gasteiger partial charge in [0.05, 0.1) is 0 Å². The van der Waals surface area contributed by atoms with E-state index in [1.165, 1.54) is 25.3 Å². The van der Waals surface area contributed by atoms with Gasteiger partial charge in [-0.15, -0.1) is 0 Å². The number of carbonyl (C=O) groups excluding carboxylic acids is 3. The van der Waals surface area contributed by atoms with E-state index in [4.69, 9.17) is 0 Å². The number of benzene rings is 1. The van der Waals surface area contributed by atoms with Crippen LogP contribution in [-0.2, 0) is 9.59 Å². The smallest absolute Gasteiger partial charge is 0.240 e. The van der Waals surface area contributed by atoms with Gasteiger partial charge in [-0.25, -0.2) is 0 Å². The van der Waals surface area contributed by atoms with Gasteiger partial charge in [-0.1, -0.05) is 23.8 Å². The van der Waals surface area contributed by atoms with Gasteiger partial charge < -0.3 is 10.6 Å². The summed E-state index contributed by atoms with van der Waals surface area (Å²) in [4.78, 5) is 36.6. The summed E-state index contributed by atoms with van der Waals surface area (Å²) in [5, 5.41) is 5.73. The van der Waals surface area contributed by atoms with Gasteiger partial charge in [-0.2, -0.15) is 0 Å². The molecule has 0 heterocycles. The molecule has 2 amide bonds. The summed E-state index contributed by atoms with van der Waals surface area (Å²) in [5.41, 5.74) is 1.55. The molecule has 0 aliphatic heterocycles. The topological polar surface area (TPSA) is 75.3 Å². The first-order chi connectivity index (χ1) is 12.5. The van der Waals surface area contributed by atoms with Crippen molar-refractivity contribution in [2.24, 2.45) is 5.41 Å². The highest BCUT2D eigenvalue weighted by molar-refractivity contribution is 6.13. The highest BCUT2D eigenvalue weighted by atomic mass is 16.2. The Kier molecular flexibility index (Phi) is 5.55. The zero-order chi connectivity index (χ0) is 18.6. The SMILES string of the molecule is CC(=O)c1cccc(NC(=O)C2(C(=O)NCCC3=CCCCC3)CC2)c1. The van der Waals surface area contributed by atoms with Crippen molar-refractivity contribution >= 4 is 23.3 Å². The Morgan fingerprint density at radius 2 is 1.92 bits per heavy atom. The Morgan fingerprint density at radius 1 is 1.12 bits per heavy atom. The molecule has 0 spiro atoms. The molecule has 5 nitrogen and oxygen atoms in total. The Hall–Kier alpha value is -2.43. The number of anilines is 1. The van der Waals surface area contributed by atoms with Crippen LogP contribution in [0.15, 0.2) is 35.9 Å². The molecule has 0 atom stereocenters. The number of hydrogen-bond acceptors (Lipinski definition) is 3. The van der Waals surface area contributed by atoms with Crippen molar-refractivity contribution in [3.8, 4) is 0 Å². The van der Waals surface area contributed by atoms with Crippen molar-refractivity contribution in [3.05, 3.63) is 41.5 Å². The zero-order valence-corrected chi connectivity index (χ0v) is 15.3. The number of amides is 2. The third-order valence-corrected chi connectivity index (χ3v) is 5.26. The molecule has 0 saturated heterocycles. The lowest BCUT2D eigenvalue weighted by Crippen LogP contribution is -2.40. The summed E-state index contributed by atoms with van der Waals surface area (Å²) in [5.74, 6) is -0.529. The molecule has 26 heavy (non-hydrogen) atoms. The van der Waals surface area contributed by atoms with Crippen LogP contribution in [0.1, 0.15) is 62.2 Å². The summed E-state index contributed by atoms with van der Waals surface area (Å²) >= 11 is 0. The number of ketones is 1. The number of rotatable bonds is 7. The first-order valence-electron chi connectivity index (χ1n) is 9.40. The average Bonchev–Trinajstić information content (AvgIpc) is 3.45. The minimum absolute atomic E-state index is 0.0583.